The highest BCUT2D eigenvalue weighted by Crippen LogP contribution is 2.26. The third-order valence-electron chi connectivity index (χ3n) is 3.58. The molecule has 0 saturated heterocycles. The Balaban J connectivity index is 1.72. The molecule has 0 aliphatic rings. The molecule has 0 saturated carbocycles. The first-order valence-electron chi connectivity index (χ1n) is 7.42. The van der Waals surface area contributed by atoms with Crippen LogP contribution < -0.4 is 9.47 Å². The fourth-order valence-electron chi connectivity index (χ4n) is 2.28. The lowest BCUT2D eigenvalue weighted by atomic mass is 10.2. The van der Waals surface area contributed by atoms with Crippen molar-refractivity contribution in [2.75, 3.05) is 19.0 Å². The maximum atomic E-state index is 4.57. The highest BCUT2D eigenvalue weighted by molar-refractivity contribution is 7.37. The molecule has 0 bridgehead atoms. The van der Waals surface area contributed by atoms with Crippen LogP contribution in [0.15, 0.2) is 36.4 Å². The van der Waals surface area contributed by atoms with Gasteiger partial charge in [0.05, 0.1) is 7.05 Å². The van der Waals surface area contributed by atoms with Crippen molar-refractivity contribution < 1.29 is 4.57 Å². The van der Waals surface area contributed by atoms with E-state index < -0.39 is 0 Å². The van der Waals surface area contributed by atoms with E-state index in [0.717, 1.165) is 10.7 Å². The topological polar surface area (TPSA) is 20.0 Å². The molecule has 23 heavy (non-hydrogen) atoms. The second-order valence-corrected chi connectivity index (χ2v) is 8.04. The number of benzene rings is 1. The Kier molecular flexibility index (Phi) is 4.59. The molecule has 0 unspecified atom stereocenters. The van der Waals surface area contributed by atoms with Gasteiger partial charge in [-0.25, -0.2) is 4.57 Å². The zero-order valence-corrected chi connectivity index (χ0v) is 15.4. The SMILES string of the molecule is Cc1nc2c(s1)sc(/C=C/C=C/c1ccc(N(C)C)cc1)[n+]2C. The maximum absolute atomic E-state index is 4.57. The molecule has 5 heteroatoms. The van der Waals surface area contributed by atoms with Crippen molar-refractivity contribution in [2.45, 2.75) is 6.92 Å². The minimum atomic E-state index is 1.08. The molecule has 0 spiro atoms. The highest BCUT2D eigenvalue weighted by atomic mass is 32.2. The summed E-state index contributed by atoms with van der Waals surface area (Å²) in [6.45, 7) is 2.05. The van der Waals surface area contributed by atoms with Gasteiger partial charge in [0.2, 0.25) is 5.01 Å². The molecular weight excluding hydrogens is 322 g/mol. The number of thiazole rings is 2. The average Bonchev–Trinajstić information content (AvgIpc) is 3.02. The third-order valence-corrected chi connectivity index (χ3v) is 5.82. The van der Waals surface area contributed by atoms with Gasteiger partial charge in [-0.05, 0) is 28.8 Å². The van der Waals surface area contributed by atoms with E-state index in [0.29, 0.717) is 0 Å². The van der Waals surface area contributed by atoms with Gasteiger partial charge in [-0.3, -0.25) is 0 Å². The number of allylic oxidation sites excluding steroid dienone is 2. The zero-order chi connectivity index (χ0) is 16.4. The van der Waals surface area contributed by atoms with Crippen molar-refractivity contribution in [2.24, 2.45) is 7.05 Å². The number of aryl methyl sites for hydroxylation is 2. The minimum absolute atomic E-state index is 1.08. The third kappa shape index (κ3) is 3.51. The van der Waals surface area contributed by atoms with E-state index in [1.54, 1.807) is 22.7 Å². The molecule has 2 heterocycles. The number of hydrogen-bond donors (Lipinski definition) is 0. The number of aromatic nitrogens is 2. The molecule has 0 atom stereocenters. The van der Waals surface area contributed by atoms with Gasteiger partial charge in [0, 0.05) is 26.7 Å². The van der Waals surface area contributed by atoms with Crippen molar-refractivity contribution >= 4 is 50.2 Å². The van der Waals surface area contributed by atoms with Gasteiger partial charge in [0.15, 0.2) is 9.02 Å². The van der Waals surface area contributed by atoms with Gasteiger partial charge in [0.1, 0.15) is 0 Å². The molecule has 0 aliphatic heterocycles. The first-order chi connectivity index (χ1) is 11.0. The first-order valence-corrected chi connectivity index (χ1v) is 9.06. The van der Waals surface area contributed by atoms with Gasteiger partial charge in [-0.15, -0.1) is 0 Å². The van der Waals surface area contributed by atoms with E-state index in [1.807, 2.05) is 0 Å². The monoisotopic (exact) mass is 342 g/mol. The van der Waals surface area contributed by atoms with Crippen molar-refractivity contribution in [1.29, 1.82) is 0 Å². The smallest absolute Gasteiger partial charge is 0.352 e. The van der Waals surface area contributed by atoms with Crippen LogP contribution in [0.1, 0.15) is 15.6 Å². The molecule has 0 fully saturated rings. The maximum Gasteiger partial charge on any atom is 0.352 e. The van der Waals surface area contributed by atoms with E-state index in [9.17, 15) is 0 Å². The second-order valence-electron chi connectivity index (χ2n) is 5.55. The van der Waals surface area contributed by atoms with Crippen molar-refractivity contribution in [3.05, 3.63) is 52.0 Å². The fraction of sp³-hybridized carbons (Fsp3) is 0.222. The number of anilines is 1. The van der Waals surface area contributed by atoms with Crippen LogP contribution in [0.25, 0.3) is 21.8 Å². The Morgan fingerprint density at radius 3 is 2.39 bits per heavy atom. The highest BCUT2D eigenvalue weighted by Gasteiger charge is 2.18. The lowest BCUT2D eigenvalue weighted by Gasteiger charge is -2.11. The summed E-state index contributed by atoms with van der Waals surface area (Å²) in [5.74, 6) is 0. The van der Waals surface area contributed by atoms with Crippen LogP contribution in [-0.4, -0.2) is 19.1 Å². The molecule has 0 N–H and O–H groups in total. The molecule has 2 aromatic heterocycles. The standard InChI is InChI=1S/C18H20N3S2/c1-13-19-17-18(22-13)23-16(21(17)4)8-6-5-7-14-9-11-15(12-10-14)20(2)3/h5-12H,1-4H3/q+1. The summed E-state index contributed by atoms with van der Waals surface area (Å²) >= 11 is 3.55. The van der Waals surface area contributed by atoms with Crippen LogP contribution in [-0.2, 0) is 7.05 Å². The van der Waals surface area contributed by atoms with E-state index in [1.165, 1.54) is 20.3 Å². The number of nitrogens with zero attached hydrogens (tertiary/aromatic N) is 3. The van der Waals surface area contributed by atoms with E-state index >= 15 is 0 Å². The Morgan fingerprint density at radius 1 is 1.04 bits per heavy atom. The van der Waals surface area contributed by atoms with Gasteiger partial charge in [-0.1, -0.05) is 53.0 Å². The normalized spacial score (nSPS) is 12.0. The summed E-state index contributed by atoms with van der Waals surface area (Å²) < 4.78 is 3.44. The predicted molar refractivity (Wildman–Crippen MR) is 102 cm³/mol. The molecule has 0 radical (unpaired) electrons. The van der Waals surface area contributed by atoms with Crippen LogP contribution in [0.4, 0.5) is 5.69 Å². The van der Waals surface area contributed by atoms with Crippen LogP contribution in [0.5, 0.6) is 0 Å². The van der Waals surface area contributed by atoms with Gasteiger partial charge < -0.3 is 4.90 Å². The van der Waals surface area contributed by atoms with Crippen molar-refractivity contribution in [1.82, 2.24) is 4.98 Å². The minimum Gasteiger partial charge on any atom is -0.378 e. The van der Waals surface area contributed by atoms with Crippen LogP contribution in [0.3, 0.4) is 0 Å². The van der Waals surface area contributed by atoms with Crippen molar-refractivity contribution in [3.63, 3.8) is 0 Å². The molecule has 0 aliphatic carbocycles. The number of rotatable bonds is 4. The Bertz CT molecular complexity index is 868. The molecule has 0 amide bonds. The Labute approximate surface area is 144 Å². The van der Waals surface area contributed by atoms with Gasteiger partial charge >= 0.3 is 5.65 Å². The molecule has 3 rings (SSSR count). The molecular formula is C18H20N3S2+. The average molecular weight is 343 g/mol. The van der Waals surface area contributed by atoms with Gasteiger partial charge in [0.25, 0.3) is 0 Å². The first kappa shape index (κ1) is 15.9. The van der Waals surface area contributed by atoms with E-state index in [4.69, 9.17) is 0 Å². The molecule has 3 nitrogen and oxygen atoms in total. The Morgan fingerprint density at radius 2 is 1.74 bits per heavy atom. The van der Waals surface area contributed by atoms with Crippen molar-refractivity contribution in [3.8, 4) is 0 Å². The summed E-state index contributed by atoms with van der Waals surface area (Å²) in [5, 5.41) is 2.34. The number of fused-ring (bicyclic) bond motifs is 1. The predicted octanol–water partition coefficient (Wildman–Crippen LogP) is 4.28. The lowest BCUT2D eigenvalue weighted by molar-refractivity contribution is -0.644. The lowest BCUT2D eigenvalue weighted by Crippen LogP contribution is -2.29. The Hall–Kier alpha value is -1.98. The summed E-state index contributed by atoms with van der Waals surface area (Å²) in [7, 11) is 6.17. The number of hydrogen-bond acceptors (Lipinski definition) is 4. The summed E-state index contributed by atoms with van der Waals surface area (Å²) in [6.07, 6.45) is 8.42. The second kappa shape index (κ2) is 6.64. The van der Waals surface area contributed by atoms with Crippen LogP contribution >= 0.6 is 22.7 Å². The largest absolute Gasteiger partial charge is 0.378 e. The summed E-state index contributed by atoms with van der Waals surface area (Å²) in [4.78, 5) is 6.67. The van der Waals surface area contributed by atoms with Gasteiger partial charge in [-0.2, -0.15) is 0 Å². The van der Waals surface area contributed by atoms with Crippen LogP contribution in [0, 0.1) is 6.92 Å². The molecule has 118 valence electrons. The molecule has 3 aromatic rings. The summed E-state index contributed by atoms with van der Waals surface area (Å²) in [5.41, 5.74) is 3.50. The summed E-state index contributed by atoms with van der Waals surface area (Å²) in [6, 6.07) is 8.52. The van der Waals surface area contributed by atoms with E-state index in [-0.39, 0.29) is 0 Å². The fourth-order valence-corrected chi connectivity index (χ4v) is 4.57. The van der Waals surface area contributed by atoms with Crippen LogP contribution in [0.2, 0.25) is 0 Å². The quantitative estimate of drug-likeness (QED) is 0.521. The zero-order valence-electron chi connectivity index (χ0n) is 13.8. The molecule has 1 aromatic carbocycles. The van der Waals surface area contributed by atoms with E-state index in [2.05, 4.69) is 91.1 Å².